The van der Waals surface area contributed by atoms with E-state index in [9.17, 15) is 4.79 Å². The van der Waals surface area contributed by atoms with E-state index < -0.39 is 5.38 Å². The fourth-order valence-corrected chi connectivity index (χ4v) is 1.88. The van der Waals surface area contributed by atoms with Gasteiger partial charge >= 0.3 is 0 Å². The number of carbonyl (C=O) groups excluding carboxylic acids is 1. The van der Waals surface area contributed by atoms with Crippen molar-refractivity contribution in [2.24, 2.45) is 0 Å². The predicted octanol–water partition coefficient (Wildman–Crippen LogP) is 3.01. The minimum atomic E-state index is -0.431. The van der Waals surface area contributed by atoms with E-state index in [0.717, 1.165) is 4.88 Å². The highest BCUT2D eigenvalue weighted by atomic mass is 35.5. The summed E-state index contributed by atoms with van der Waals surface area (Å²) in [7, 11) is 0. The lowest BCUT2D eigenvalue weighted by Crippen LogP contribution is -2.02. The molecule has 60 valence electrons. The van der Waals surface area contributed by atoms with Crippen LogP contribution in [0, 0.1) is 0 Å². The van der Waals surface area contributed by atoms with Gasteiger partial charge in [0.25, 0.3) is 0 Å². The van der Waals surface area contributed by atoms with E-state index in [1.54, 1.807) is 0 Å². The minimum Gasteiger partial charge on any atom is -0.298 e. The second-order valence-corrected chi connectivity index (χ2v) is 3.61. The van der Waals surface area contributed by atoms with E-state index in [-0.39, 0.29) is 5.78 Å². The first kappa shape index (κ1) is 8.75. The molecule has 0 bridgehead atoms. The molecule has 0 radical (unpaired) electrons. The highest BCUT2D eigenvalue weighted by Gasteiger charge is 2.15. The summed E-state index contributed by atoms with van der Waals surface area (Å²) in [5, 5.41) is 1.49. The summed E-state index contributed by atoms with van der Waals surface area (Å²) in [6.07, 6.45) is 0.506. The summed E-state index contributed by atoms with van der Waals surface area (Å²) in [6, 6.07) is 3.79. The fourth-order valence-electron chi connectivity index (χ4n) is 0.773. The Balaban J connectivity index is 2.70. The van der Waals surface area contributed by atoms with E-state index in [4.69, 9.17) is 11.6 Å². The third-order valence-electron chi connectivity index (χ3n) is 1.42. The summed E-state index contributed by atoms with van der Waals surface area (Å²) in [6.45, 7) is 1.82. The van der Waals surface area contributed by atoms with Gasteiger partial charge in [0, 0.05) is 11.3 Å². The largest absolute Gasteiger partial charge is 0.298 e. The number of carbonyl (C=O) groups is 1. The molecule has 0 saturated carbocycles. The average Bonchev–Trinajstić information content (AvgIpc) is 2.53. The topological polar surface area (TPSA) is 17.1 Å². The van der Waals surface area contributed by atoms with Crippen LogP contribution in [0.5, 0.6) is 0 Å². The smallest absolute Gasteiger partial charge is 0.155 e. The van der Waals surface area contributed by atoms with Crippen LogP contribution in [0.4, 0.5) is 0 Å². The van der Waals surface area contributed by atoms with Crippen molar-refractivity contribution in [3.05, 3.63) is 22.4 Å². The molecule has 0 aliphatic heterocycles. The third kappa shape index (κ3) is 2.04. The molecule has 1 heterocycles. The lowest BCUT2D eigenvalue weighted by molar-refractivity contribution is -0.118. The van der Waals surface area contributed by atoms with Crippen molar-refractivity contribution in [3.8, 4) is 0 Å². The van der Waals surface area contributed by atoms with Crippen LogP contribution in [-0.2, 0) is 4.79 Å². The molecule has 1 aromatic rings. The van der Waals surface area contributed by atoms with Crippen molar-refractivity contribution in [1.29, 1.82) is 0 Å². The molecule has 0 N–H and O–H groups in total. The highest BCUT2D eigenvalue weighted by Crippen LogP contribution is 2.26. The number of hydrogen-bond acceptors (Lipinski definition) is 2. The third-order valence-corrected chi connectivity index (χ3v) is 2.97. The molecule has 1 unspecified atom stereocenters. The Bertz CT molecular complexity index is 230. The van der Waals surface area contributed by atoms with Gasteiger partial charge in [0.2, 0.25) is 0 Å². The maximum Gasteiger partial charge on any atom is 0.155 e. The molecule has 0 aliphatic rings. The minimum absolute atomic E-state index is 0.0918. The molecule has 1 nitrogen and oxygen atoms in total. The van der Waals surface area contributed by atoms with Crippen molar-refractivity contribution >= 4 is 28.7 Å². The van der Waals surface area contributed by atoms with Crippen molar-refractivity contribution in [2.45, 2.75) is 18.7 Å². The molecule has 0 spiro atoms. The SMILES string of the molecule is CCC(=O)C(Cl)c1cccs1. The molecule has 1 atom stereocenters. The molecule has 1 rings (SSSR count). The van der Waals surface area contributed by atoms with Gasteiger partial charge in [0.15, 0.2) is 5.78 Å². The molecule has 0 amide bonds. The molecule has 0 aliphatic carbocycles. The van der Waals surface area contributed by atoms with Crippen LogP contribution in [0.2, 0.25) is 0 Å². The van der Waals surface area contributed by atoms with E-state index in [0.29, 0.717) is 6.42 Å². The summed E-state index contributed by atoms with van der Waals surface area (Å²) >= 11 is 7.38. The number of halogens is 1. The zero-order valence-corrected chi connectivity index (χ0v) is 7.78. The van der Waals surface area contributed by atoms with Crippen molar-refractivity contribution in [3.63, 3.8) is 0 Å². The standard InChI is InChI=1S/C8H9ClOS/c1-2-6(10)8(9)7-4-3-5-11-7/h3-5,8H,2H2,1H3. The summed E-state index contributed by atoms with van der Waals surface area (Å²) < 4.78 is 0. The van der Waals surface area contributed by atoms with Crippen molar-refractivity contribution < 1.29 is 4.79 Å². The van der Waals surface area contributed by atoms with E-state index >= 15 is 0 Å². The Labute approximate surface area is 75.0 Å². The van der Waals surface area contributed by atoms with E-state index in [1.807, 2.05) is 24.4 Å². The van der Waals surface area contributed by atoms with E-state index in [1.165, 1.54) is 11.3 Å². The van der Waals surface area contributed by atoms with Crippen LogP contribution in [0.15, 0.2) is 17.5 Å². The maximum atomic E-state index is 11.1. The monoisotopic (exact) mass is 188 g/mol. The zero-order chi connectivity index (χ0) is 8.27. The van der Waals surface area contributed by atoms with Crippen molar-refractivity contribution in [1.82, 2.24) is 0 Å². The summed E-state index contributed by atoms with van der Waals surface area (Å²) in [5.41, 5.74) is 0. The summed E-state index contributed by atoms with van der Waals surface area (Å²) in [4.78, 5) is 12.0. The van der Waals surface area contributed by atoms with Crippen LogP contribution >= 0.6 is 22.9 Å². The number of rotatable bonds is 3. The molecule has 0 fully saturated rings. The van der Waals surface area contributed by atoms with Gasteiger partial charge in [-0.05, 0) is 11.4 Å². The number of hydrogen-bond donors (Lipinski definition) is 0. The van der Waals surface area contributed by atoms with Crippen molar-refractivity contribution in [2.75, 3.05) is 0 Å². The first-order valence-corrected chi connectivity index (χ1v) is 4.77. The first-order valence-electron chi connectivity index (χ1n) is 3.46. The Kier molecular flexibility index (Phi) is 3.09. The number of alkyl halides is 1. The van der Waals surface area contributed by atoms with Gasteiger partial charge in [0.1, 0.15) is 5.38 Å². The highest BCUT2D eigenvalue weighted by molar-refractivity contribution is 7.10. The van der Waals surface area contributed by atoms with Gasteiger partial charge in [-0.15, -0.1) is 22.9 Å². The van der Waals surface area contributed by atoms with Gasteiger partial charge in [-0.25, -0.2) is 0 Å². The molecular weight excluding hydrogens is 180 g/mol. The second kappa shape index (κ2) is 3.88. The Morgan fingerprint density at radius 2 is 2.55 bits per heavy atom. The van der Waals surface area contributed by atoms with Crippen LogP contribution in [-0.4, -0.2) is 5.78 Å². The van der Waals surface area contributed by atoms with Gasteiger partial charge < -0.3 is 0 Å². The number of ketones is 1. The first-order chi connectivity index (χ1) is 5.25. The molecule has 1 aromatic heterocycles. The maximum absolute atomic E-state index is 11.1. The second-order valence-electron chi connectivity index (χ2n) is 2.20. The Morgan fingerprint density at radius 3 is 3.00 bits per heavy atom. The fraction of sp³-hybridized carbons (Fsp3) is 0.375. The molecule has 0 aromatic carbocycles. The van der Waals surface area contributed by atoms with Crippen LogP contribution in [0.3, 0.4) is 0 Å². The quantitative estimate of drug-likeness (QED) is 0.667. The normalized spacial score (nSPS) is 12.9. The summed E-state index contributed by atoms with van der Waals surface area (Å²) in [5.74, 6) is 0.0918. The zero-order valence-electron chi connectivity index (χ0n) is 6.21. The number of Topliss-reactive ketones (excluding diaryl/α,β-unsaturated/α-hetero) is 1. The molecule has 0 saturated heterocycles. The predicted molar refractivity (Wildman–Crippen MR) is 48.2 cm³/mol. The molecular formula is C8H9ClOS. The van der Waals surface area contributed by atoms with Crippen LogP contribution in [0.1, 0.15) is 23.6 Å². The Hall–Kier alpha value is -0.340. The Morgan fingerprint density at radius 1 is 1.82 bits per heavy atom. The lowest BCUT2D eigenvalue weighted by Gasteiger charge is -2.02. The van der Waals surface area contributed by atoms with Crippen LogP contribution < -0.4 is 0 Å². The van der Waals surface area contributed by atoms with Gasteiger partial charge in [-0.3, -0.25) is 4.79 Å². The number of thiophene rings is 1. The van der Waals surface area contributed by atoms with E-state index in [2.05, 4.69) is 0 Å². The average molecular weight is 189 g/mol. The lowest BCUT2D eigenvalue weighted by atomic mass is 10.2. The molecule has 3 heteroatoms. The van der Waals surface area contributed by atoms with Crippen LogP contribution in [0.25, 0.3) is 0 Å². The molecule has 11 heavy (non-hydrogen) atoms. The van der Waals surface area contributed by atoms with Gasteiger partial charge in [-0.1, -0.05) is 13.0 Å². The van der Waals surface area contributed by atoms with Gasteiger partial charge in [0.05, 0.1) is 0 Å². The van der Waals surface area contributed by atoms with Gasteiger partial charge in [-0.2, -0.15) is 0 Å².